The first-order valence-electron chi connectivity index (χ1n) is 8.06. The minimum atomic E-state index is -0.227. The molecule has 1 aliphatic rings. The molecule has 1 atom stereocenters. The fourth-order valence-corrected chi connectivity index (χ4v) is 2.34. The van der Waals surface area contributed by atoms with Gasteiger partial charge in [0, 0.05) is 19.0 Å². The van der Waals surface area contributed by atoms with Gasteiger partial charge in [0.15, 0.2) is 0 Å². The number of carbonyl (C=O) groups is 2. The predicted octanol–water partition coefficient (Wildman–Crippen LogP) is 3.15. The first-order valence-corrected chi connectivity index (χ1v) is 8.06. The smallest absolute Gasteiger partial charge is 0.310 e. The molecule has 0 saturated heterocycles. The summed E-state index contributed by atoms with van der Waals surface area (Å²) in [6.07, 6.45) is 7.23. The second kappa shape index (κ2) is 8.98. The summed E-state index contributed by atoms with van der Waals surface area (Å²) in [6.45, 7) is 6.73. The fraction of sp³-hybridized carbons (Fsp3) is 0.875. The van der Waals surface area contributed by atoms with Gasteiger partial charge in [0.05, 0.1) is 12.5 Å². The molecule has 116 valence electrons. The Morgan fingerprint density at radius 2 is 1.90 bits per heavy atom. The van der Waals surface area contributed by atoms with Crippen molar-refractivity contribution < 1.29 is 14.3 Å². The molecule has 1 amide bonds. The lowest BCUT2D eigenvalue weighted by Gasteiger charge is -2.25. The summed E-state index contributed by atoms with van der Waals surface area (Å²) in [6, 6.07) is 0.366. The van der Waals surface area contributed by atoms with Crippen LogP contribution in [0.15, 0.2) is 0 Å². The number of amides is 1. The van der Waals surface area contributed by atoms with Crippen molar-refractivity contribution in [3.05, 3.63) is 0 Å². The predicted molar refractivity (Wildman–Crippen MR) is 79.3 cm³/mol. The molecule has 0 N–H and O–H groups in total. The van der Waals surface area contributed by atoms with Crippen molar-refractivity contribution in [3.8, 4) is 0 Å². The number of carbonyl (C=O) groups excluding carboxylic acids is 2. The van der Waals surface area contributed by atoms with E-state index >= 15 is 0 Å². The largest absolute Gasteiger partial charge is 0.466 e. The summed E-state index contributed by atoms with van der Waals surface area (Å²) in [5, 5.41) is 0. The number of rotatable bonds is 10. The van der Waals surface area contributed by atoms with Gasteiger partial charge in [-0.05, 0) is 26.2 Å². The second-order valence-corrected chi connectivity index (χ2v) is 5.74. The maximum absolute atomic E-state index is 12.3. The van der Waals surface area contributed by atoms with Gasteiger partial charge in [-0.2, -0.15) is 0 Å². The molecule has 0 spiro atoms. The summed E-state index contributed by atoms with van der Waals surface area (Å²) in [7, 11) is 0. The highest BCUT2D eigenvalue weighted by molar-refractivity contribution is 5.78. The molecular weight excluding hydrogens is 254 g/mol. The number of ether oxygens (including phenoxy) is 1. The van der Waals surface area contributed by atoms with Gasteiger partial charge in [0.1, 0.15) is 0 Å². The molecule has 0 aromatic heterocycles. The van der Waals surface area contributed by atoms with E-state index in [-0.39, 0.29) is 17.8 Å². The molecular formula is C16H29NO3. The first-order chi connectivity index (χ1) is 9.60. The van der Waals surface area contributed by atoms with E-state index in [2.05, 4.69) is 6.92 Å². The monoisotopic (exact) mass is 283 g/mol. The van der Waals surface area contributed by atoms with E-state index in [0.29, 0.717) is 25.6 Å². The van der Waals surface area contributed by atoms with Crippen LogP contribution in [0.25, 0.3) is 0 Å². The molecule has 20 heavy (non-hydrogen) atoms. The summed E-state index contributed by atoms with van der Waals surface area (Å²) in [5.41, 5.74) is 0. The van der Waals surface area contributed by atoms with Gasteiger partial charge < -0.3 is 9.64 Å². The van der Waals surface area contributed by atoms with Gasteiger partial charge in [-0.1, -0.05) is 33.1 Å². The standard InChI is InChI=1S/C16H29NO3/c1-4-6-7-8-9-15(18)17(14-10-11-14)12-13(3)16(19)20-5-2/h13-14H,4-12H2,1-3H3. The SMILES string of the molecule is CCCCCCC(=O)N(CC(C)C(=O)OCC)C1CC1. The van der Waals surface area contributed by atoms with Crippen LogP contribution in [0.4, 0.5) is 0 Å². The number of esters is 1. The summed E-state index contributed by atoms with van der Waals surface area (Å²) in [4.78, 5) is 25.9. The lowest BCUT2D eigenvalue weighted by atomic mass is 10.1. The summed E-state index contributed by atoms with van der Waals surface area (Å²) < 4.78 is 5.02. The third-order valence-electron chi connectivity index (χ3n) is 3.71. The molecule has 4 nitrogen and oxygen atoms in total. The van der Waals surface area contributed by atoms with E-state index in [0.717, 1.165) is 25.7 Å². The topological polar surface area (TPSA) is 46.6 Å². The number of hydrogen-bond donors (Lipinski definition) is 0. The van der Waals surface area contributed by atoms with Crippen LogP contribution in [0.5, 0.6) is 0 Å². The normalized spacial score (nSPS) is 15.8. The van der Waals surface area contributed by atoms with Gasteiger partial charge in [-0.3, -0.25) is 9.59 Å². The molecule has 0 heterocycles. The molecule has 1 rings (SSSR count). The number of unbranched alkanes of at least 4 members (excludes halogenated alkanes) is 3. The molecule has 0 aromatic rings. The van der Waals surface area contributed by atoms with Crippen molar-refractivity contribution in [1.82, 2.24) is 4.90 Å². The van der Waals surface area contributed by atoms with Crippen LogP contribution in [0.2, 0.25) is 0 Å². The zero-order valence-corrected chi connectivity index (χ0v) is 13.2. The maximum atomic E-state index is 12.3. The average Bonchev–Trinajstić information content (AvgIpc) is 3.25. The minimum absolute atomic E-state index is 0.197. The van der Waals surface area contributed by atoms with Crippen LogP contribution in [0.1, 0.15) is 65.7 Å². The zero-order valence-electron chi connectivity index (χ0n) is 13.2. The lowest BCUT2D eigenvalue weighted by Crippen LogP contribution is -2.38. The number of hydrogen-bond acceptors (Lipinski definition) is 3. The van der Waals surface area contributed by atoms with Crippen molar-refractivity contribution >= 4 is 11.9 Å². The van der Waals surface area contributed by atoms with E-state index in [9.17, 15) is 9.59 Å². The van der Waals surface area contributed by atoms with Gasteiger partial charge >= 0.3 is 5.97 Å². The van der Waals surface area contributed by atoms with Gasteiger partial charge in [-0.25, -0.2) is 0 Å². The van der Waals surface area contributed by atoms with Crippen LogP contribution >= 0.6 is 0 Å². The Kier molecular flexibility index (Phi) is 7.63. The van der Waals surface area contributed by atoms with Crippen LogP contribution in [-0.2, 0) is 14.3 Å². The minimum Gasteiger partial charge on any atom is -0.466 e. The zero-order chi connectivity index (χ0) is 15.0. The van der Waals surface area contributed by atoms with Crippen LogP contribution in [-0.4, -0.2) is 36.0 Å². The molecule has 1 unspecified atom stereocenters. The molecule has 0 aromatic carbocycles. The Balaban J connectivity index is 2.39. The molecule has 0 bridgehead atoms. The highest BCUT2D eigenvalue weighted by Crippen LogP contribution is 2.28. The highest BCUT2D eigenvalue weighted by Gasteiger charge is 2.34. The molecule has 1 fully saturated rings. The fourth-order valence-electron chi connectivity index (χ4n) is 2.34. The van der Waals surface area contributed by atoms with Gasteiger partial charge in [0.25, 0.3) is 0 Å². The second-order valence-electron chi connectivity index (χ2n) is 5.74. The van der Waals surface area contributed by atoms with E-state index < -0.39 is 0 Å². The van der Waals surface area contributed by atoms with Crippen molar-refractivity contribution in [2.45, 2.75) is 71.8 Å². The summed E-state index contributed by atoms with van der Waals surface area (Å²) >= 11 is 0. The quantitative estimate of drug-likeness (QED) is 0.457. The Bertz CT molecular complexity index is 313. The van der Waals surface area contributed by atoms with Crippen LogP contribution in [0, 0.1) is 5.92 Å². The van der Waals surface area contributed by atoms with E-state index in [1.807, 2.05) is 18.7 Å². The summed E-state index contributed by atoms with van der Waals surface area (Å²) in [5.74, 6) is -0.216. The molecule has 0 radical (unpaired) electrons. The molecule has 1 saturated carbocycles. The van der Waals surface area contributed by atoms with Crippen molar-refractivity contribution in [2.24, 2.45) is 5.92 Å². The Morgan fingerprint density at radius 1 is 1.20 bits per heavy atom. The lowest BCUT2D eigenvalue weighted by molar-refractivity contribution is -0.149. The van der Waals surface area contributed by atoms with E-state index in [4.69, 9.17) is 4.74 Å². The third-order valence-corrected chi connectivity index (χ3v) is 3.71. The highest BCUT2D eigenvalue weighted by atomic mass is 16.5. The first kappa shape index (κ1) is 17.0. The maximum Gasteiger partial charge on any atom is 0.310 e. The van der Waals surface area contributed by atoms with Gasteiger partial charge in [0.2, 0.25) is 5.91 Å². The van der Waals surface area contributed by atoms with Crippen molar-refractivity contribution in [1.29, 1.82) is 0 Å². The van der Waals surface area contributed by atoms with Gasteiger partial charge in [-0.15, -0.1) is 0 Å². The van der Waals surface area contributed by atoms with Crippen molar-refractivity contribution in [2.75, 3.05) is 13.2 Å². The average molecular weight is 283 g/mol. The Hall–Kier alpha value is -1.06. The van der Waals surface area contributed by atoms with E-state index in [1.54, 1.807) is 0 Å². The Morgan fingerprint density at radius 3 is 2.45 bits per heavy atom. The molecule has 4 heteroatoms. The van der Waals surface area contributed by atoms with Crippen molar-refractivity contribution in [3.63, 3.8) is 0 Å². The molecule has 1 aliphatic carbocycles. The third kappa shape index (κ3) is 5.93. The van der Waals surface area contributed by atoms with E-state index in [1.165, 1.54) is 12.8 Å². The van der Waals surface area contributed by atoms with Crippen LogP contribution in [0.3, 0.4) is 0 Å². The Labute approximate surface area is 122 Å². The number of nitrogens with zero attached hydrogens (tertiary/aromatic N) is 1. The van der Waals surface area contributed by atoms with Crippen LogP contribution < -0.4 is 0 Å². The molecule has 0 aliphatic heterocycles.